The highest BCUT2D eigenvalue weighted by Gasteiger charge is 2.06. The maximum absolute atomic E-state index is 12.8. The van der Waals surface area contributed by atoms with Crippen molar-refractivity contribution < 1.29 is 13.9 Å². The molecule has 2 aromatic carbocycles. The van der Waals surface area contributed by atoms with Gasteiger partial charge in [0, 0.05) is 5.75 Å². The molecule has 0 aliphatic rings. The third-order valence-corrected chi connectivity index (χ3v) is 5.47. The lowest BCUT2D eigenvalue weighted by Gasteiger charge is -2.07. The van der Waals surface area contributed by atoms with Crippen molar-refractivity contribution in [3.63, 3.8) is 0 Å². The lowest BCUT2D eigenvalue weighted by atomic mass is 10.3. The standard InChI is InChI=1S/C18H17FN2O2S2/c19-13-5-7-14(8-6-13)23-10-9-20-17(22)11-24-12-18-21-15-3-1-2-4-16(15)25-18/h1-8H,9-12H2,(H,20,22). The molecule has 3 aromatic rings. The summed E-state index contributed by atoms with van der Waals surface area (Å²) in [6.45, 7) is 0.762. The highest BCUT2D eigenvalue weighted by Crippen LogP contribution is 2.24. The van der Waals surface area contributed by atoms with E-state index < -0.39 is 0 Å². The quantitative estimate of drug-likeness (QED) is 0.607. The molecule has 4 nitrogen and oxygen atoms in total. The zero-order chi connectivity index (χ0) is 17.5. The van der Waals surface area contributed by atoms with Crippen LogP contribution >= 0.6 is 23.1 Å². The van der Waals surface area contributed by atoms with Gasteiger partial charge in [-0.25, -0.2) is 9.37 Å². The van der Waals surface area contributed by atoms with E-state index in [-0.39, 0.29) is 11.7 Å². The average Bonchev–Trinajstić information content (AvgIpc) is 3.03. The predicted octanol–water partition coefficient (Wildman–Crippen LogP) is 3.86. The van der Waals surface area contributed by atoms with E-state index in [1.165, 1.54) is 28.6 Å². The number of thioether (sulfide) groups is 1. The van der Waals surface area contributed by atoms with Crippen LogP contribution in [0.15, 0.2) is 48.5 Å². The largest absolute Gasteiger partial charge is 0.492 e. The van der Waals surface area contributed by atoms with E-state index in [0.717, 1.165) is 16.3 Å². The van der Waals surface area contributed by atoms with Crippen LogP contribution in [-0.4, -0.2) is 29.8 Å². The van der Waals surface area contributed by atoms with Crippen molar-refractivity contribution in [1.29, 1.82) is 0 Å². The molecule has 25 heavy (non-hydrogen) atoms. The van der Waals surface area contributed by atoms with Crippen LogP contribution in [0.3, 0.4) is 0 Å². The van der Waals surface area contributed by atoms with E-state index in [1.807, 2.05) is 18.2 Å². The van der Waals surface area contributed by atoms with Crippen LogP contribution in [-0.2, 0) is 10.5 Å². The Hall–Kier alpha value is -2.12. The van der Waals surface area contributed by atoms with E-state index in [9.17, 15) is 9.18 Å². The number of benzene rings is 2. The highest BCUT2D eigenvalue weighted by atomic mass is 32.2. The second kappa shape index (κ2) is 8.82. The molecule has 0 saturated carbocycles. The summed E-state index contributed by atoms with van der Waals surface area (Å²) in [5, 5.41) is 3.83. The summed E-state index contributed by atoms with van der Waals surface area (Å²) in [5.41, 5.74) is 1.01. The van der Waals surface area contributed by atoms with Crippen LogP contribution in [0.1, 0.15) is 5.01 Å². The van der Waals surface area contributed by atoms with Crippen molar-refractivity contribution in [2.45, 2.75) is 5.75 Å². The molecule has 0 spiro atoms. The first kappa shape index (κ1) is 17.7. The molecule has 0 saturated heterocycles. The first-order valence-electron chi connectivity index (χ1n) is 7.78. The smallest absolute Gasteiger partial charge is 0.230 e. The number of hydrogen-bond donors (Lipinski definition) is 1. The second-order valence-electron chi connectivity index (χ2n) is 5.22. The maximum Gasteiger partial charge on any atom is 0.230 e. The summed E-state index contributed by atoms with van der Waals surface area (Å²) >= 11 is 3.20. The maximum atomic E-state index is 12.8. The average molecular weight is 376 g/mol. The predicted molar refractivity (Wildman–Crippen MR) is 101 cm³/mol. The zero-order valence-electron chi connectivity index (χ0n) is 13.4. The Balaban J connectivity index is 1.32. The molecule has 0 atom stereocenters. The lowest BCUT2D eigenvalue weighted by molar-refractivity contribution is -0.118. The second-order valence-corrected chi connectivity index (χ2v) is 7.32. The fourth-order valence-corrected chi connectivity index (χ4v) is 4.03. The van der Waals surface area contributed by atoms with Gasteiger partial charge in [-0.3, -0.25) is 4.79 Å². The molecule has 0 radical (unpaired) electrons. The number of halogens is 1. The van der Waals surface area contributed by atoms with Crippen LogP contribution in [0.4, 0.5) is 4.39 Å². The number of thiazole rings is 1. The molecule has 0 fully saturated rings. The van der Waals surface area contributed by atoms with Gasteiger partial charge < -0.3 is 10.1 Å². The van der Waals surface area contributed by atoms with Gasteiger partial charge in [0.05, 0.1) is 22.5 Å². The molecule has 130 valence electrons. The molecule has 3 rings (SSSR count). The van der Waals surface area contributed by atoms with Crippen molar-refractivity contribution in [2.24, 2.45) is 0 Å². The van der Waals surface area contributed by atoms with E-state index >= 15 is 0 Å². The molecule has 1 aromatic heterocycles. The monoisotopic (exact) mass is 376 g/mol. The number of carbonyl (C=O) groups excluding carboxylic acids is 1. The Bertz CT molecular complexity index is 803. The Morgan fingerprint density at radius 3 is 2.80 bits per heavy atom. The molecular formula is C18H17FN2O2S2. The van der Waals surface area contributed by atoms with E-state index in [2.05, 4.69) is 16.4 Å². The van der Waals surface area contributed by atoms with Gasteiger partial charge in [-0.05, 0) is 36.4 Å². The first-order valence-corrected chi connectivity index (χ1v) is 9.75. The van der Waals surface area contributed by atoms with Gasteiger partial charge in [-0.1, -0.05) is 12.1 Å². The van der Waals surface area contributed by atoms with Crippen LogP contribution in [0.5, 0.6) is 5.75 Å². The summed E-state index contributed by atoms with van der Waals surface area (Å²) in [6.07, 6.45) is 0. The SMILES string of the molecule is O=C(CSCc1nc2ccccc2s1)NCCOc1ccc(F)cc1. The van der Waals surface area contributed by atoms with E-state index in [0.29, 0.717) is 24.7 Å². The normalized spacial score (nSPS) is 10.8. The number of ether oxygens (including phenoxy) is 1. The van der Waals surface area contributed by atoms with Crippen molar-refractivity contribution in [1.82, 2.24) is 10.3 Å². The number of aromatic nitrogens is 1. The number of para-hydroxylation sites is 1. The molecule has 0 unspecified atom stereocenters. The Kier molecular flexibility index (Phi) is 6.25. The Morgan fingerprint density at radius 2 is 2.00 bits per heavy atom. The van der Waals surface area contributed by atoms with E-state index in [1.54, 1.807) is 23.5 Å². The molecular weight excluding hydrogens is 359 g/mol. The molecule has 1 amide bonds. The van der Waals surface area contributed by atoms with Crippen LogP contribution < -0.4 is 10.1 Å². The molecule has 1 heterocycles. The third-order valence-electron chi connectivity index (χ3n) is 3.30. The van der Waals surface area contributed by atoms with E-state index in [4.69, 9.17) is 4.74 Å². The number of nitrogens with one attached hydrogen (secondary N) is 1. The van der Waals surface area contributed by atoms with Gasteiger partial charge in [0.25, 0.3) is 0 Å². The van der Waals surface area contributed by atoms with Gasteiger partial charge >= 0.3 is 0 Å². The third kappa shape index (κ3) is 5.44. The number of rotatable bonds is 8. The van der Waals surface area contributed by atoms with Crippen LogP contribution in [0.2, 0.25) is 0 Å². The van der Waals surface area contributed by atoms with Crippen molar-refractivity contribution in [3.05, 3.63) is 59.4 Å². The minimum Gasteiger partial charge on any atom is -0.492 e. The van der Waals surface area contributed by atoms with Crippen LogP contribution in [0.25, 0.3) is 10.2 Å². The molecule has 0 aliphatic heterocycles. The Labute approximate surface area is 153 Å². The zero-order valence-corrected chi connectivity index (χ0v) is 15.0. The summed E-state index contributed by atoms with van der Waals surface area (Å²) < 4.78 is 19.4. The van der Waals surface area contributed by atoms with Gasteiger partial charge in [-0.15, -0.1) is 23.1 Å². The summed E-state index contributed by atoms with van der Waals surface area (Å²) in [4.78, 5) is 16.4. The lowest BCUT2D eigenvalue weighted by Crippen LogP contribution is -2.29. The molecule has 0 aliphatic carbocycles. The fourth-order valence-electron chi connectivity index (χ4n) is 2.15. The first-order chi connectivity index (χ1) is 12.2. The van der Waals surface area contributed by atoms with Crippen molar-refractivity contribution in [3.8, 4) is 5.75 Å². The highest BCUT2D eigenvalue weighted by molar-refractivity contribution is 7.99. The number of carbonyl (C=O) groups is 1. The van der Waals surface area contributed by atoms with Gasteiger partial charge in [0.1, 0.15) is 23.2 Å². The minimum atomic E-state index is -0.300. The van der Waals surface area contributed by atoms with Gasteiger partial charge in [0.15, 0.2) is 0 Å². The summed E-state index contributed by atoms with van der Waals surface area (Å²) in [5.74, 6) is 1.35. The summed E-state index contributed by atoms with van der Waals surface area (Å²) in [7, 11) is 0. The number of amides is 1. The summed E-state index contributed by atoms with van der Waals surface area (Å²) in [6, 6.07) is 13.8. The number of hydrogen-bond acceptors (Lipinski definition) is 5. The fraction of sp³-hybridized carbons (Fsp3) is 0.222. The number of fused-ring (bicyclic) bond motifs is 1. The molecule has 1 N–H and O–H groups in total. The van der Waals surface area contributed by atoms with Gasteiger partial charge in [-0.2, -0.15) is 0 Å². The Morgan fingerprint density at radius 1 is 1.20 bits per heavy atom. The molecule has 0 bridgehead atoms. The number of nitrogens with zero attached hydrogens (tertiary/aromatic N) is 1. The minimum absolute atomic E-state index is 0.0335. The van der Waals surface area contributed by atoms with Crippen molar-refractivity contribution >= 4 is 39.2 Å². The topological polar surface area (TPSA) is 51.2 Å². The molecule has 7 heteroatoms. The van der Waals surface area contributed by atoms with Gasteiger partial charge in [0.2, 0.25) is 5.91 Å². The van der Waals surface area contributed by atoms with Crippen LogP contribution in [0, 0.1) is 5.82 Å². The van der Waals surface area contributed by atoms with Crippen molar-refractivity contribution in [2.75, 3.05) is 18.9 Å².